The molecule has 0 bridgehead atoms. The van der Waals surface area contributed by atoms with Crippen LogP contribution in [0.5, 0.6) is 0 Å². The molecule has 0 amide bonds. The largest absolute Gasteiger partial charge is 0.296 e. The molecule has 0 atom stereocenters. The zero-order chi connectivity index (χ0) is 13.9. The molecule has 0 spiro atoms. The number of nitrogens with zero attached hydrogens (tertiary/aromatic N) is 3. The molecule has 1 aliphatic heterocycles. The van der Waals surface area contributed by atoms with Gasteiger partial charge < -0.3 is 0 Å². The van der Waals surface area contributed by atoms with E-state index in [2.05, 4.69) is 41.5 Å². The monoisotopic (exact) mass is 257 g/mol. The Morgan fingerprint density at radius 3 is 2.37 bits per heavy atom. The zero-order valence-corrected chi connectivity index (χ0v) is 12.2. The van der Waals surface area contributed by atoms with Crippen LogP contribution in [-0.4, -0.2) is 46.5 Å². The lowest BCUT2D eigenvalue weighted by molar-refractivity contribution is 0.0586. The molecule has 1 aromatic rings. The van der Waals surface area contributed by atoms with E-state index in [1.54, 1.807) is 6.20 Å². The summed E-state index contributed by atoms with van der Waals surface area (Å²) < 4.78 is 0. The zero-order valence-electron chi connectivity index (χ0n) is 12.2. The fourth-order valence-corrected chi connectivity index (χ4v) is 2.41. The second kappa shape index (κ2) is 5.73. The minimum atomic E-state index is 0.277. The first-order valence-electron chi connectivity index (χ1n) is 6.88. The lowest BCUT2D eigenvalue weighted by atomic mass is 10.0. The van der Waals surface area contributed by atoms with Crippen molar-refractivity contribution in [3.05, 3.63) is 29.6 Å². The van der Waals surface area contributed by atoms with Crippen molar-refractivity contribution < 1.29 is 0 Å². The van der Waals surface area contributed by atoms with Gasteiger partial charge in [0, 0.05) is 50.0 Å². The average molecular weight is 257 g/mol. The van der Waals surface area contributed by atoms with E-state index in [4.69, 9.17) is 6.42 Å². The SMILES string of the molecule is C#Cc1ccc(CN2CCN(C(C)(C)C)CC2)nc1. The van der Waals surface area contributed by atoms with Crippen molar-refractivity contribution in [2.75, 3.05) is 26.2 Å². The Kier molecular flexibility index (Phi) is 4.24. The van der Waals surface area contributed by atoms with Crippen LogP contribution < -0.4 is 0 Å². The average Bonchev–Trinajstić information content (AvgIpc) is 2.39. The Bertz CT molecular complexity index is 442. The van der Waals surface area contributed by atoms with Crippen molar-refractivity contribution in [1.29, 1.82) is 0 Å². The van der Waals surface area contributed by atoms with Crippen LogP contribution in [0.3, 0.4) is 0 Å². The Morgan fingerprint density at radius 1 is 1.21 bits per heavy atom. The maximum absolute atomic E-state index is 5.33. The molecule has 1 aliphatic rings. The van der Waals surface area contributed by atoms with E-state index in [1.165, 1.54) is 0 Å². The molecule has 19 heavy (non-hydrogen) atoms. The van der Waals surface area contributed by atoms with Crippen LogP contribution in [0, 0.1) is 12.3 Å². The molecule has 2 rings (SSSR count). The van der Waals surface area contributed by atoms with Gasteiger partial charge >= 0.3 is 0 Å². The van der Waals surface area contributed by atoms with Crippen LogP contribution in [0.4, 0.5) is 0 Å². The maximum Gasteiger partial charge on any atom is 0.0544 e. The van der Waals surface area contributed by atoms with Crippen molar-refractivity contribution >= 4 is 0 Å². The Hall–Kier alpha value is -1.37. The summed E-state index contributed by atoms with van der Waals surface area (Å²) in [6.07, 6.45) is 7.11. The number of hydrogen-bond donors (Lipinski definition) is 0. The fourth-order valence-electron chi connectivity index (χ4n) is 2.41. The Balaban J connectivity index is 1.87. The summed E-state index contributed by atoms with van der Waals surface area (Å²) >= 11 is 0. The first-order chi connectivity index (χ1) is 8.99. The molecule has 0 N–H and O–H groups in total. The minimum absolute atomic E-state index is 0.277. The van der Waals surface area contributed by atoms with Gasteiger partial charge in [-0.3, -0.25) is 14.8 Å². The van der Waals surface area contributed by atoms with Crippen molar-refractivity contribution in [3.63, 3.8) is 0 Å². The lowest BCUT2D eigenvalue weighted by Gasteiger charge is -2.42. The number of terminal acetylenes is 1. The van der Waals surface area contributed by atoms with Crippen molar-refractivity contribution in [2.24, 2.45) is 0 Å². The normalized spacial score (nSPS) is 18.2. The van der Waals surface area contributed by atoms with Crippen LogP contribution in [0.15, 0.2) is 18.3 Å². The quantitative estimate of drug-likeness (QED) is 0.755. The molecule has 0 saturated carbocycles. The summed E-state index contributed by atoms with van der Waals surface area (Å²) in [6.45, 7) is 12.2. The van der Waals surface area contributed by atoms with Gasteiger partial charge in [-0.15, -0.1) is 6.42 Å². The molecule has 2 heterocycles. The van der Waals surface area contributed by atoms with Gasteiger partial charge in [-0.25, -0.2) is 0 Å². The molecule has 0 aromatic carbocycles. The molecular weight excluding hydrogens is 234 g/mol. The van der Waals surface area contributed by atoms with Gasteiger partial charge in [0.15, 0.2) is 0 Å². The van der Waals surface area contributed by atoms with Gasteiger partial charge in [0.25, 0.3) is 0 Å². The summed E-state index contributed by atoms with van der Waals surface area (Å²) in [7, 11) is 0. The van der Waals surface area contributed by atoms with Crippen molar-refractivity contribution in [3.8, 4) is 12.3 Å². The molecule has 0 unspecified atom stereocenters. The Labute approximate surface area is 116 Å². The first kappa shape index (κ1) is 14.0. The van der Waals surface area contributed by atoms with E-state index in [9.17, 15) is 0 Å². The van der Waals surface area contributed by atoms with E-state index in [-0.39, 0.29) is 5.54 Å². The lowest BCUT2D eigenvalue weighted by Crippen LogP contribution is -2.53. The van der Waals surface area contributed by atoms with Crippen LogP contribution in [0.2, 0.25) is 0 Å². The number of pyridine rings is 1. The molecule has 1 saturated heterocycles. The minimum Gasteiger partial charge on any atom is -0.296 e. The van der Waals surface area contributed by atoms with Crippen molar-refractivity contribution in [1.82, 2.24) is 14.8 Å². The van der Waals surface area contributed by atoms with Gasteiger partial charge in [0.2, 0.25) is 0 Å². The van der Waals surface area contributed by atoms with Crippen LogP contribution >= 0.6 is 0 Å². The molecule has 0 aliphatic carbocycles. The molecule has 3 nitrogen and oxygen atoms in total. The topological polar surface area (TPSA) is 19.4 Å². The number of rotatable bonds is 2. The second-order valence-corrected chi connectivity index (χ2v) is 6.12. The van der Waals surface area contributed by atoms with E-state index in [0.29, 0.717) is 0 Å². The van der Waals surface area contributed by atoms with Gasteiger partial charge in [-0.05, 0) is 32.9 Å². The maximum atomic E-state index is 5.33. The van der Waals surface area contributed by atoms with E-state index in [0.717, 1.165) is 44.0 Å². The summed E-state index contributed by atoms with van der Waals surface area (Å²) in [5, 5.41) is 0. The summed E-state index contributed by atoms with van der Waals surface area (Å²) in [6, 6.07) is 4.00. The fraction of sp³-hybridized carbons (Fsp3) is 0.562. The summed E-state index contributed by atoms with van der Waals surface area (Å²) in [4.78, 5) is 9.41. The summed E-state index contributed by atoms with van der Waals surface area (Å²) in [5.74, 6) is 2.60. The highest BCUT2D eigenvalue weighted by Crippen LogP contribution is 2.16. The van der Waals surface area contributed by atoms with Crippen molar-refractivity contribution in [2.45, 2.75) is 32.9 Å². The molecule has 1 aromatic heterocycles. The predicted octanol–water partition coefficient (Wildman–Crippen LogP) is 1.98. The highest BCUT2D eigenvalue weighted by Gasteiger charge is 2.25. The third-order valence-corrected chi connectivity index (χ3v) is 3.70. The second-order valence-electron chi connectivity index (χ2n) is 6.12. The van der Waals surface area contributed by atoms with Crippen LogP contribution in [-0.2, 0) is 6.54 Å². The standard InChI is InChI=1S/C16H23N3/c1-5-14-6-7-15(17-12-14)13-18-8-10-19(11-9-18)16(2,3)4/h1,6-7,12H,8-11,13H2,2-4H3. The van der Waals surface area contributed by atoms with Crippen LogP contribution in [0.1, 0.15) is 32.0 Å². The van der Waals surface area contributed by atoms with Gasteiger partial charge in [-0.2, -0.15) is 0 Å². The van der Waals surface area contributed by atoms with E-state index >= 15 is 0 Å². The third-order valence-electron chi connectivity index (χ3n) is 3.70. The predicted molar refractivity (Wildman–Crippen MR) is 78.8 cm³/mol. The van der Waals surface area contributed by atoms with Gasteiger partial charge in [-0.1, -0.05) is 5.92 Å². The molecular formula is C16H23N3. The summed E-state index contributed by atoms with van der Waals surface area (Å²) in [5.41, 5.74) is 2.23. The van der Waals surface area contributed by atoms with Gasteiger partial charge in [0.1, 0.15) is 0 Å². The Morgan fingerprint density at radius 2 is 1.89 bits per heavy atom. The molecule has 3 heteroatoms. The first-order valence-corrected chi connectivity index (χ1v) is 6.88. The molecule has 1 fully saturated rings. The highest BCUT2D eigenvalue weighted by atomic mass is 15.3. The number of aromatic nitrogens is 1. The smallest absolute Gasteiger partial charge is 0.0544 e. The highest BCUT2D eigenvalue weighted by molar-refractivity contribution is 5.29. The molecule has 102 valence electrons. The molecule has 0 radical (unpaired) electrons. The third kappa shape index (κ3) is 3.79. The van der Waals surface area contributed by atoms with E-state index in [1.807, 2.05) is 12.1 Å². The number of piperazine rings is 1. The number of hydrogen-bond acceptors (Lipinski definition) is 3. The van der Waals surface area contributed by atoms with E-state index < -0.39 is 0 Å². The van der Waals surface area contributed by atoms with Crippen LogP contribution in [0.25, 0.3) is 0 Å². The van der Waals surface area contributed by atoms with Gasteiger partial charge in [0.05, 0.1) is 5.69 Å².